The van der Waals surface area contributed by atoms with Crippen molar-refractivity contribution in [3.05, 3.63) is 78.1 Å². The van der Waals surface area contributed by atoms with E-state index in [9.17, 15) is 39.2 Å². The monoisotopic (exact) mass is 583 g/mol. The zero-order chi connectivity index (χ0) is 29.1. The smallest absolute Gasteiger partial charge is 0.491 e. The summed E-state index contributed by atoms with van der Waals surface area (Å²) >= 11 is 0. The van der Waals surface area contributed by atoms with E-state index in [0.29, 0.717) is 0 Å². The van der Waals surface area contributed by atoms with Crippen LogP contribution in [0.1, 0.15) is 17.7 Å². The molecule has 2 aromatic heterocycles. The van der Waals surface area contributed by atoms with Gasteiger partial charge in [-0.2, -0.15) is 17.9 Å². The van der Waals surface area contributed by atoms with Crippen molar-refractivity contribution in [2.75, 3.05) is 6.61 Å². The first-order valence-electron chi connectivity index (χ1n) is 10.4. The van der Waals surface area contributed by atoms with E-state index in [1.54, 1.807) is 12.1 Å². The number of nitrogens with zero attached hydrogens (tertiary/aromatic N) is 2. The number of carbonyl (C=O) groups is 1. The Bertz CT molecular complexity index is 1440. The molecule has 39 heavy (non-hydrogen) atoms. The average Bonchev–Trinajstić information content (AvgIpc) is 2.85. The van der Waals surface area contributed by atoms with Gasteiger partial charge in [0.15, 0.2) is 11.6 Å². The lowest BCUT2D eigenvalue weighted by Gasteiger charge is -2.38. The van der Waals surface area contributed by atoms with E-state index in [0.717, 1.165) is 24.4 Å². The van der Waals surface area contributed by atoms with E-state index >= 15 is 0 Å². The number of rotatable bonds is 5. The zero-order valence-electron chi connectivity index (χ0n) is 19.1. The van der Waals surface area contributed by atoms with Gasteiger partial charge in [-0.15, -0.1) is 13.2 Å². The Morgan fingerprint density at radius 2 is 1.74 bits per heavy atom. The summed E-state index contributed by atoms with van der Waals surface area (Å²) in [5, 5.41) is 7.12. The summed E-state index contributed by atoms with van der Waals surface area (Å²) in [7, 11) is -4.20. The number of hydrogen-bond acceptors (Lipinski definition) is 7. The Hall–Kier alpha value is -3.99. The van der Waals surface area contributed by atoms with Crippen LogP contribution in [0, 0.1) is 5.82 Å². The van der Waals surface area contributed by atoms with Crippen molar-refractivity contribution in [2.24, 2.45) is 0 Å². The number of alkyl halides is 6. The second-order valence-corrected chi connectivity index (χ2v) is 9.33. The van der Waals surface area contributed by atoms with E-state index in [2.05, 4.69) is 19.4 Å². The highest BCUT2D eigenvalue weighted by atomic mass is 32.2. The van der Waals surface area contributed by atoms with Gasteiger partial charge in [-0.3, -0.25) is 9.97 Å². The second kappa shape index (κ2) is 11.0. The third kappa shape index (κ3) is 7.11. The molecule has 0 bridgehead atoms. The SMILES string of the molecule is O=C(O)C(F)(F)F.O=S(=O)(NC1(c2ccc(OC(F)(F)F)c(F)c2)CCOc2cccnc21)c1cccnc1. The topological polar surface area (TPSA) is 128 Å². The normalized spacial score (nSPS) is 17.2. The van der Waals surface area contributed by atoms with Crippen molar-refractivity contribution in [3.8, 4) is 11.5 Å². The van der Waals surface area contributed by atoms with Crippen molar-refractivity contribution in [1.29, 1.82) is 0 Å². The van der Waals surface area contributed by atoms with Gasteiger partial charge in [0.1, 0.15) is 21.9 Å². The van der Waals surface area contributed by atoms with E-state index < -0.39 is 45.6 Å². The van der Waals surface area contributed by atoms with Gasteiger partial charge in [-0.1, -0.05) is 6.07 Å². The van der Waals surface area contributed by atoms with Gasteiger partial charge in [0.2, 0.25) is 10.0 Å². The minimum Gasteiger partial charge on any atom is -0.491 e. The molecule has 0 saturated carbocycles. The standard InChI is InChI=1S/C20H15F4N3O4S.C2HF3O2/c21-15-11-13(5-6-16(15)31-20(22,23)24)19(7-10-30-17-4-2-9-26-18(17)19)27-32(28,29)14-3-1-8-25-12-14;3-2(4,5)1(6)7/h1-6,8-9,11-12,27H,7,10H2;(H,6,7). The van der Waals surface area contributed by atoms with Crippen LogP contribution >= 0.6 is 0 Å². The fraction of sp³-hybridized carbons (Fsp3) is 0.227. The number of carboxylic acids is 1. The van der Waals surface area contributed by atoms with Crippen LogP contribution in [0.2, 0.25) is 0 Å². The molecule has 0 aliphatic carbocycles. The summed E-state index contributed by atoms with van der Waals surface area (Å²) in [6.07, 6.45) is -6.24. The van der Waals surface area contributed by atoms with Gasteiger partial charge < -0.3 is 14.6 Å². The predicted octanol–water partition coefficient (Wildman–Crippen LogP) is 4.15. The number of pyridine rings is 2. The summed E-state index contributed by atoms with van der Waals surface area (Å²) in [6.45, 7) is 0.0384. The highest BCUT2D eigenvalue weighted by molar-refractivity contribution is 7.89. The molecule has 0 radical (unpaired) electrons. The first-order valence-corrected chi connectivity index (χ1v) is 11.9. The van der Waals surface area contributed by atoms with Crippen LogP contribution < -0.4 is 14.2 Å². The first kappa shape index (κ1) is 29.6. The summed E-state index contributed by atoms with van der Waals surface area (Å²) in [5.74, 6) is -4.86. The molecule has 0 spiro atoms. The number of benzene rings is 1. The van der Waals surface area contributed by atoms with Crippen LogP contribution in [0.5, 0.6) is 11.5 Å². The Balaban J connectivity index is 0.000000532. The van der Waals surface area contributed by atoms with E-state index in [4.69, 9.17) is 14.6 Å². The molecule has 0 fully saturated rings. The molecule has 2 N–H and O–H groups in total. The number of sulfonamides is 1. The molecule has 17 heteroatoms. The van der Waals surface area contributed by atoms with E-state index in [1.165, 1.54) is 24.5 Å². The Morgan fingerprint density at radius 3 is 2.31 bits per heavy atom. The number of carboxylic acid groups (broad SMARTS) is 1. The van der Waals surface area contributed by atoms with Crippen LogP contribution in [0.3, 0.4) is 0 Å². The molecule has 1 aliphatic heterocycles. The van der Waals surface area contributed by atoms with Gasteiger partial charge in [-0.25, -0.2) is 17.6 Å². The third-order valence-electron chi connectivity index (χ3n) is 5.06. The molecule has 1 atom stereocenters. The molecule has 3 heterocycles. The summed E-state index contributed by atoms with van der Waals surface area (Å²) < 4.78 is 122. The number of ether oxygens (including phenoxy) is 2. The van der Waals surface area contributed by atoms with Gasteiger partial charge in [0.25, 0.3) is 0 Å². The lowest BCUT2D eigenvalue weighted by Crippen LogP contribution is -2.50. The molecule has 1 aliphatic rings. The summed E-state index contributed by atoms with van der Waals surface area (Å²) in [6, 6.07) is 8.62. The third-order valence-corrected chi connectivity index (χ3v) is 6.54. The van der Waals surface area contributed by atoms with Gasteiger partial charge in [-0.05, 0) is 42.0 Å². The largest absolute Gasteiger partial charge is 0.573 e. The molecule has 9 nitrogen and oxygen atoms in total. The molecule has 1 aromatic carbocycles. The number of aliphatic carboxylic acids is 1. The number of fused-ring (bicyclic) bond motifs is 1. The minimum atomic E-state index is -5.09. The summed E-state index contributed by atoms with van der Waals surface area (Å²) in [4.78, 5) is 16.8. The van der Waals surface area contributed by atoms with Crippen molar-refractivity contribution >= 4 is 16.0 Å². The molecule has 1 unspecified atom stereocenters. The Morgan fingerprint density at radius 1 is 1.08 bits per heavy atom. The number of hydrogen-bond donors (Lipinski definition) is 2. The fourth-order valence-corrected chi connectivity index (χ4v) is 4.82. The molecule has 3 aromatic rings. The fourth-order valence-electron chi connectivity index (χ4n) is 3.47. The van der Waals surface area contributed by atoms with Crippen LogP contribution in [-0.2, 0) is 20.4 Å². The lowest BCUT2D eigenvalue weighted by molar-refractivity contribution is -0.275. The van der Waals surface area contributed by atoms with Crippen molar-refractivity contribution in [3.63, 3.8) is 0 Å². The number of nitrogens with one attached hydrogen (secondary N) is 1. The maximum Gasteiger partial charge on any atom is 0.573 e. The molecule has 210 valence electrons. The lowest BCUT2D eigenvalue weighted by atomic mass is 9.82. The quantitative estimate of drug-likeness (QED) is 0.429. The minimum absolute atomic E-state index is 0.00454. The van der Waals surface area contributed by atoms with Gasteiger partial charge in [0, 0.05) is 25.0 Å². The van der Waals surface area contributed by atoms with Gasteiger partial charge >= 0.3 is 18.5 Å². The van der Waals surface area contributed by atoms with Crippen molar-refractivity contribution < 1.29 is 58.5 Å². The Kier molecular flexibility index (Phi) is 8.35. The molecular formula is C22H16F7N3O6S. The van der Waals surface area contributed by atoms with Crippen LogP contribution in [0.4, 0.5) is 30.7 Å². The van der Waals surface area contributed by atoms with Crippen molar-refractivity contribution in [1.82, 2.24) is 14.7 Å². The van der Waals surface area contributed by atoms with Crippen LogP contribution in [0.15, 0.2) is 66.0 Å². The maximum absolute atomic E-state index is 14.6. The number of halogens is 7. The van der Waals surface area contributed by atoms with Crippen LogP contribution in [-0.4, -0.2) is 48.6 Å². The maximum atomic E-state index is 14.6. The van der Waals surface area contributed by atoms with E-state index in [-0.39, 0.29) is 34.9 Å². The highest BCUT2D eigenvalue weighted by Gasteiger charge is 2.45. The van der Waals surface area contributed by atoms with Gasteiger partial charge in [0.05, 0.1) is 6.61 Å². The molecule has 0 amide bonds. The Labute approximate surface area is 215 Å². The average molecular weight is 583 g/mol. The highest BCUT2D eigenvalue weighted by Crippen LogP contribution is 2.42. The van der Waals surface area contributed by atoms with E-state index in [1.807, 2.05) is 0 Å². The molecule has 0 saturated heterocycles. The molecular weight excluding hydrogens is 567 g/mol. The second-order valence-electron chi connectivity index (χ2n) is 7.64. The molecule has 4 rings (SSSR count). The zero-order valence-corrected chi connectivity index (χ0v) is 19.9. The van der Waals surface area contributed by atoms with Crippen molar-refractivity contribution in [2.45, 2.75) is 29.4 Å². The predicted molar refractivity (Wildman–Crippen MR) is 116 cm³/mol. The number of aromatic nitrogens is 2. The summed E-state index contributed by atoms with van der Waals surface area (Å²) in [5.41, 5.74) is -1.45. The first-order chi connectivity index (χ1) is 18.1. The van der Waals surface area contributed by atoms with Crippen LogP contribution in [0.25, 0.3) is 0 Å².